The van der Waals surface area contributed by atoms with E-state index < -0.39 is 5.92 Å². The Morgan fingerprint density at radius 1 is 1.62 bits per heavy atom. The van der Waals surface area contributed by atoms with E-state index in [0.717, 1.165) is 9.86 Å². The normalized spacial score (nSPS) is 12.5. The van der Waals surface area contributed by atoms with Crippen molar-refractivity contribution in [3.63, 3.8) is 0 Å². The van der Waals surface area contributed by atoms with E-state index in [2.05, 4.69) is 15.9 Å². The van der Waals surface area contributed by atoms with E-state index in [9.17, 15) is 9.18 Å². The molecule has 1 aromatic rings. The minimum absolute atomic E-state index is 0.316. The maximum atomic E-state index is 13.3. The van der Waals surface area contributed by atoms with Crippen molar-refractivity contribution in [1.82, 2.24) is 0 Å². The molecule has 1 unspecified atom stereocenters. The molecule has 1 aromatic carbocycles. The largest absolute Gasteiger partial charge is 0.303 e. The summed E-state index contributed by atoms with van der Waals surface area (Å²) in [5.41, 5.74) is 0.451. The van der Waals surface area contributed by atoms with E-state index in [1.165, 1.54) is 6.07 Å². The molecule has 4 heteroatoms. The van der Waals surface area contributed by atoms with Crippen LogP contribution in [0.25, 0.3) is 0 Å². The van der Waals surface area contributed by atoms with Crippen LogP contribution in [0, 0.1) is 9.39 Å². The predicted octanol–water partition coefficient (Wildman–Crippen LogP) is 3.11. The monoisotopic (exact) mass is 356 g/mol. The molecule has 0 amide bonds. The third kappa shape index (κ3) is 2.74. The summed E-state index contributed by atoms with van der Waals surface area (Å²) in [5.74, 6) is -0.708. The van der Waals surface area contributed by atoms with Gasteiger partial charge in [0.15, 0.2) is 0 Å². The Kier molecular flexibility index (Phi) is 4.31. The number of halogens is 3. The van der Waals surface area contributed by atoms with Crippen LogP contribution in [0.2, 0.25) is 0 Å². The van der Waals surface area contributed by atoms with Gasteiger partial charge in [-0.3, -0.25) is 0 Å². The third-order valence-electron chi connectivity index (χ3n) is 1.69. The molecule has 0 fully saturated rings. The topological polar surface area (TPSA) is 17.1 Å². The lowest BCUT2D eigenvalue weighted by Gasteiger charge is -2.07. The summed E-state index contributed by atoms with van der Waals surface area (Å²) in [7, 11) is 0. The van der Waals surface area contributed by atoms with Gasteiger partial charge in [0.05, 0.1) is 5.92 Å². The number of aldehydes is 1. The average molecular weight is 357 g/mol. The Morgan fingerprint density at radius 3 is 2.77 bits per heavy atom. The predicted molar refractivity (Wildman–Crippen MR) is 61.7 cm³/mol. The highest BCUT2D eigenvalue weighted by atomic mass is 127. The lowest BCUT2D eigenvalue weighted by Crippen LogP contribution is -2.04. The SMILES string of the molecule is O=CC(CBr)c1ccc(I)cc1F. The van der Waals surface area contributed by atoms with E-state index in [4.69, 9.17) is 0 Å². The molecular weight excluding hydrogens is 350 g/mol. The Balaban J connectivity index is 3.06. The van der Waals surface area contributed by atoms with Crippen molar-refractivity contribution >= 4 is 44.8 Å². The third-order valence-corrected chi connectivity index (χ3v) is 3.06. The Bertz CT molecular complexity index is 316. The van der Waals surface area contributed by atoms with Gasteiger partial charge < -0.3 is 4.79 Å². The van der Waals surface area contributed by atoms with Crippen LogP contribution in [0.5, 0.6) is 0 Å². The van der Waals surface area contributed by atoms with Gasteiger partial charge in [-0.15, -0.1) is 0 Å². The summed E-state index contributed by atoms with van der Waals surface area (Å²) in [4.78, 5) is 10.6. The second-order valence-electron chi connectivity index (χ2n) is 2.56. The molecule has 1 nitrogen and oxygen atoms in total. The zero-order valence-corrected chi connectivity index (χ0v) is 10.4. The van der Waals surface area contributed by atoms with Crippen molar-refractivity contribution in [3.8, 4) is 0 Å². The summed E-state index contributed by atoms with van der Waals surface area (Å²) in [6, 6.07) is 4.87. The molecule has 0 aliphatic heterocycles. The van der Waals surface area contributed by atoms with Gasteiger partial charge in [0.1, 0.15) is 12.1 Å². The number of carbonyl (C=O) groups excluding carboxylic acids is 1. The smallest absolute Gasteiger partial charge is 0.128 e. The van der Waals surface area contributed by atoms with Crippen LogP contribution in [0.3, 0.4) is 0 Å². The second kappa shape index (κ2) is 5.05. The number of carbonyl (C=O) groups is 1. The molecule has 0 saturated carbocycles. The Morgan fingerprint density at radius 2 is 2.31 bits per heavy atom. The molecule has 1 rings (SSSR count). The first-order valence-corrected chi connectivity index (χ1v) is 5.85. The number of rotatable bonds is 3. The van der Waals surface area contributed by atoms with Gasteiger partial charge in [-0.1, -0.05) is 22.0 Å². The van der Waals surface area contributed by atoms with Gasteiger partial charge in [-0.2, -0.15) is 0 Å². The first-order valence-electron chi connectivity index (χ1n) is 3.65. The van der Waals surface area contributed by atoms with Gasteiger partial charge >= 0.3 is 0 Å². The van der Waals surface area contributed by atoms with Crippen LogP contribution in [0.4, 0.5) is 4.39 Å². The highest BCUT2D eigenvalue weighted by Gasteiger charge is 2.13. The highest BCUT2D eigenvalue weighted by molar-refractivity contribution is 14.1. The quantitative estimate of drug-likeness (QED) is 0.462. The minimum Gasteiger partial charge on any atom is -0.303 e. The first-order chi connectivity index (χ1) is 6.19. The van der Waals surface area contributed by atoms with Crippen molar-refractivity contribution in [2.45, 2.75) is 5.92 Å². The molecule has 0 saturated heterocycles. The van der Waals surface area contributed by atoms with Crippen molar-refractivity contribution < 1.29 is 9.18 Å². The average Bonchev–Trinajstić information content (AvgIpc) is 2.10. The molecule has 70 valence electrons. The van der Waals surface area contributed by atoms with E-state index in [-0.39, 0.29) is 5.82 Å². The summed E-state index contributed by atoms with van der Waals surface area (Å²) in [6.07, 6.45) is 0.750. The fraction of sp³-hybridized carbons (Fsp3) is 0.222. The number of alkyl halides is 1. The lowest BCUT2D eigenvalue weighted by atomic mass is 10.0. The fourth-order valence-electron chi connectivity index (χ4n) is 0.995. The molecule has 0 heterocycles. The molecule has 1 atom stereocenters. The van der Waals surface area contributed by atoms with Crippen LogP contribution < -0.4 is 0 Å². The minimum atomic E-state index is -0.392. The van der Waals surface area contributed by atoms with Gasteiger partial charge in [0, 0.05) is 8.90 Å². The van der Waals surface area contributed by atoms with Gasteiger partial charge in [-0.05, 0) is 40.3 Å². The zero-order valence-electron chi connectivity index (χ0n) is 6.64. The summed E-state index contributed by atoms with van der Waals surface area (Å²) < 4.78 is 14.1. The molecule has 0 bridgehead atoms. The van der Waals surface area contributed by atoms with E-state index >= 15 is 0 Å². The summed E-state index contributed by atoms with van der Waals surface area (Å²) in [6.45, 7) is 0. The number of hydrogen-bond acceptors (Lipinski definition) is 1. The molecule has 0 spiro atoms. The molecule has 0 aliphatic rings. The van der Waals surface area contributed by atoms with Gasteiger partial charge in [0.2, 0.25) is 0 Å². The van der Waals surface area contributed by atoms with Crippen LogP contribution in [0.1, 0.15) is 11.5 Å². The molecule has 0 aromatic heterocycles. The van der Waals surface area contributed by atoms with Gasteiger partial charge in [0.25, 0.3) is 0 Å². The van der Waals surface area contributed by atoms with E-state index in [1.54, 1.807) is 12.1 Å². The molecular formula is C9H7BrFIO. The summed E-state index contributed by atoms with van der Waals surface area (Å²) >= 11 is 5.20. The molecule has 0 N–H and O–H groups in total. The molecule has 0 aliphatic carbocycles. The maximum absolute atomic E-state index is 13.3. The van der Waals surface area contributed by atoms with Gasteiger partial charge in [-0.25, -0.2) is 4.39 Å². The van der Waals surface area contributed by atoms with Crippen LogP contribution in [0.15, 0.2) is 18.2 Å². The zero-order chi connectivity index (χ0) is 9.84. The molecule has 0 radical (unpaired) electrons. The standard InChI is InChI=1S/C9H7BrFIO/c10-4-6(5-13)8-2-1-7(12)3-9(8)11/h1-3,5-6H,4H2. The Labute approximate surface area is 98.0 Å². The van der Waals surface area contributed by atoms with Crippen LogP contribution in [-0.2, 0) is 4.79 Å². The first kappa shape index (κ1) is 11.1. The van der Waals surface area contributed by atoms with E-state index in [1.807, 2.05) is 22.6 Å². The lowest BCUT2D eigenvalue weighted by molar-refractivity contribution is -0.108. The highest BCUT2D eigenvalue weighted by Crippen LogP contribution is 2.21. The Hall–Kier alpha value is 0.0300. The van der Waals surface area contributed by atoms with Crippen molar-refractivity contribution in [1.29, 1.82) is 0 Å². The maximum Gasteiger partial charge on any atom is 0.128 e. The van der Waals surface area contributed by atoms with Crippen LogP contribution in [-0.4, -0.2) is 11.6 Å². The second-order valence-corrected chi connectivity index (χ2v) is 4.46. The fourth-order valence-corrected chi connectivity index (χ4v) is 1.95. The van der Waals surface area contributed by atoms with Crippen molar-refractivity contribution in [2.24, 2.45) is 0 Å². The van der Waals surface area contributed by atoms with Crippen molar-refractivity contribution in [3.05, 3.63) is 33.1 Å². The van der Waals surface area contributed by atoms with Crippen LogP contribution >= 0.6 is 38.5 Å². The summed E-state index contributed by atoms with van der Waals surface area (Å²) in [5, 5.41) is 0.452. The molecule has 13 heavy (non-hydrogen) atoms. The van der Waals surface area contributed by atoms with Crippen molar-refractivity contribution in [2.75, 3.05) is 5.33 Å². The van der Waals surface area contributed by atoms with E-state index in [0.29, 0.717) is 10.9 Å². The number of hydrogen-bond donors (Lipinski definition) is 0. The number of benzene rings is 1.